The summed E-state index contributed by atoms with van der Waals surface area (Å²) in [5.74, 6) is 2.30. The maximum Gasteiger partial charge on any atom is 0.161 e. The van der Waals surface area contributed by atoms with Crippen LogP contribution in [0, 0.1) is 13.8 Å². The zero-order valence-corrected chi connectivity index (χ0v) is 11.6. The van der Waals surface area contributed by atoms with Crippen molar-refractivity contribution in [3.8, 4) is 11.4 Å². The third-order valence-electron chi connectivity index (χ3n) is 3.34. The molecule has 1 N–H and O–H groups in total. The second kappa shape index (κ2) is 4.61. The smallest absolute Gasteiger partial charge is 0.161 e. The highest BCUT2D eigenvalue weighted by molar-refractivity contribution is 5.58. The maximum atomic E-state index is 4.72. The van der Waals surface area contributed by atoms with Crippen LogP contribution in [-0.2, 0) is 0 Å². The molecule has 19 heavy (non-hydrogen) atoms. The molecule has 1 aliphatic carbocycles. The predicted octanol–water partition coefficient (Wildman–Crippen LogP) is 3.07. The first kappa shape index (κ1) is 12.1. The molecule has 2 aromatic rings. The summed E-state index contributed by atoms with van der Waals surface area (Å²) in [6, 6.07) is 6.14. The summed E-state index contributed by atoms with van der Waals surface area (Å²) >= 11 is 0. The van der Waals surface area contributed by atoms with Crippen molar-refractivity contribution in [2.45, 2.75) is 32.6 Å². The van der Waals surface area contributed by atoms with Crippen molar-refractivity contribution in [3.05, 3.63) is 35.3 Å². The van der Waals surface area contributed by atoms with Gasteiger partial charge >= 0.3 is 0 Å². The lowest BCUT2D eigenvalue weighted by Gasteiger charge is -2.08. The summed E-state index contributed by atoms with van der Waals surface area (Å²) in [7, 11) is 1.89. The van der Waals surface area contributed by atoms with Gasteiger partial charge in [0.25, 0.3) is 0 Å². The van der Waals surface area contributed by atoms with Crippen molar-refractivity contribution >= 4 is 5.82 Å². The van der Waals surface area contributed by atoms with Gasteiger partial charge in [0.15, 0.2) is 5.82 Å². The van der Waals surface area contributed by atoms with Crippen molar-refractivity contribution in [2.24, 2.45) is 0 Å². The molecule has 1 saturated carbocycles. The van der Waals surface area contributed by atoms with Crippen LogP contribution < -0.4 is 5.32 Å². The minimum absolute atomic E-state index is 0.623. The Hall–Kier alpha value is -1.97. The molecule has 1 aliphatic rings. The van der Waals surface area contributed by atoms with Crippen LogP contribution in [0.25, 0.3) is 11.4 Å². The molecule has 0 aromatic carbocycles. The van der Waals surface area contributed by atoms with E-state index in [9.17, 15) is 0 Å². The van der Waals surface area contributed by atoms with E-state index in [0.29, 0.717) is 5.92 Å². The van der Waals surface area contributed by atoms with Crippen molar-refractivity contribution < 1.29 is 0 Å². The number of anilines is 1. The molecule has 0 aliphatic heterocycles. The maximum absolute atomic E-state index is 4.72. The molecule has 98 valence electrons. The summed E-state index contributed by atoms with van der Waals surface area (Å²) in [5.41, 5.74) is 4.20. The first-order valence-electron chi connectivity index (χ1n) is 6.68. The van der Waals surface area contributed by atoms with Gasteiger partial charge in [-0.1, -0.05) is 0 Å². The van der Waals surface area contributed by atoms with E-state index >= 15 is 0 Å². The second-order valence-electron chi connectivity index (χ2n) is 5.16. The van der Waals surface area contributed by atoms with Crippen LogP contribution in [0.15, 0.2) is 18.2 Å². The molecule has 0 amide bonds. The van der Waals surface area contributed by atoms with Crippen molar-refractivity contribution in [1.82, 2.24) is 15.0 Å². The Morgan fingerprint density at radius 1 is 1.00 bits per heavy atom. The van der Waals surface area contributed by atoms with Gasteiger partial charge in [-0.25, -0.2) is 9.97 Å². The number of nitrogens with zero attached hydrogens (tertiary/aromatic N) is 3. The summed E-state index contributed by atoms with van der Waals surface area (Å²) in [6.45, 7) is 4.00. The highest BCUT2D eigenvalue weighted by Gasteiger charge is 2.26. The molecule has 4 heteroatoms. The molecule has 2 aromatic heterocycles. The normalized spacial score (nSPS) is 14.5. The van der Waals surface area contributed by atoms with Gasteiger partial charge in [-0.05, 0) is 38.8 Å². The first-order valence-corrected chi connectivity index (χ1v) is 6.68. The quantitative estimate of drug-likeness (QED) is 0.914. The number of rotatable bonds is 3. The number of nitrogens with one attached hydrogen (secondary N) is 1. The van der Waals surface area contributed by atoms with E-state index in [4.69, 9.17) is 4.98 Å². The van der Waals surface area contributed by atoms with Gasteiger partial charge in [0, 0.05) is 41.7 Å². The van der Waals surface area contributed by atoms with E-state index in [-0.39, 0.29) is 0 Å². The van der Waals surface area contributed by atoms with Gasteiger partial charge in [0.2, 0.25) is 0 Å². The van der Waals surface area contributed by atoms with E-state index in [1.807, 2.05) is 33.0 Å². The largest absolute Gasteiger partial charge is 0.373 e. The Kier molecular flexibility index (Phi) is 2.93. The third-order valence-corrected chi connectivity index (χ3v) is 3.34. The van der Waals surface area contributed by atoms with Crippen LogP contribution in [0.5, 0.6) is 0 Å². The molecular weight excluding hydrogens is 236 g/mol. The lowest BCUT2D eigenvalue weighted by atomic mass is 10.1. The van der Waals surface area contributed by atoms with Crippen molar-refractivity contribution in [3.63, 3.8) is 0 Å². The van der Waals surface area contributed by atoms with E-state index in [1.54, 1.807) is 0 Å². The average molecular weight is 254 g/mol. The van der Waals surface area contributed by atoms with Gasteiger partial charge in [-0.3, -0.25) is 4.98 Å². The Labute approximate surface area is 113 Å². The van der Waals surface area contributed by atoms with Crippen LogP contribution in [0.4, 0.5) is 5.82 Å². The fourth-order valence-corrected chi connectivity index (χ4v) is 2.27. The second-order valence-corrected chi connectivity index (χ2v) is 5.16. The van der Waals surface area contributed by atoms with Crippen LogP contribution in [0.3, 0.4) is 0 Å². The average Bonchev–Trinajstić information content (AvgIpc) is 3.21. The molecule has 0 unspecified atom stereocenters. The number of hydrogen-bond donors (Lipinski definition) is 1. The molecule has 0 bridgehead atoms. The van der Waals surface area contributed by atoms with Crippen molar-refractivity contribution in [2.75, 3.05) is 12.4 Å². The highest BCUT2D eigenvalue weighted by atomic mass is 15.0. The Morgan fingerprint density at radius 3 is 2.26 bits per heavy atom. The van der Waals surface area contributed by atoms with E-state index in [2.05, 4.69) is 21.4 Å². The molecule has 3 rings (SSSR count). The monoisotopic (exact) mass is 254 g/mol. The lowest BCUT2D eigenvalue weighted by molar-refractivity contribution is 0.991. The highest BCUT2D eigenvalue weighted by Crippen LogP contribution is 2.40. The Bertz CT molecular complexity index is 597. The zero-order chi connectivity index (χ0) is 13.4. The predicted molar refractivity (Wildman–Crippen MR) is 76.3 cm³/mol. The van der Waals surface area contributed by atoms with Gasteiger partial charge < -0.3 is 5.32 Å². The van der Waals surface area contributed by atoms with Gasteiger partial charge in [0.05, 0.1) is 0 Å². The lowest BCUT2D eigenvalue weighted by Crippen LogP contribution is -2.01. The van der Waals surface area contributed by atoms with E-state index < -0.39 is 0 Å². The van der Waals surface area contributed by atoms with Gasteiger partial charge in [0.1, 0.15) is 5.82 Å². The number of hydrogen-bond acceptors (Lipinski definition) is 4. The van der Waals surface area contributed by atoms with Crippen LogP contribution in [0.2, 0.25) is 0 Å². The van der Waals surface area contributed by atoms with Crippen molar-refractivity contribution in [1.29, 1.82) is 0 Å². The molecular formula is C15H18N4. The van der Waals surface area contributed by atoms with Crippen LogP contribution >= 0.6 is 0 Å². The Balaban J connectivity index is 2.09. The molecule has 0 radical (unpaired) electrons. The number of aryl methyl sites for hydroxylation is 2. The van der Waals surface area contributed by atoms with E-state index in [0.717, 1.165) is 34.3 Å². The van der Waals surface area contributed by atoms with Crippen LogP contribution in [0.1, 0.15) is 35.8 Å². The third kappa shape index (κ3) is 2.57. The SMILES string of the molecule is CNc1cc(C2CC2)nc(-c2cc(C)nc(C)c2)n1. The fraction of sp³-hybridized carbons (Fsp3) is 0.400. The fourth-order valence-electron chi connectivity index (χ4n) is 2.27. The molecule has 0 atom stereocenters. The summed E-state index contributed by atoms with van der Waals surface area (Å²) in [6.07, 6.45) is 2.49. The first-order chi connectivity index (χ1) is 9.15. The van der Waals surface area contributed by atoms with Gasteiger partial charge in [-0.15, -0.1) is 0 Å². The van der Waals surface area contributed by atoms with Gasteiger partial charge in [-0.2, -0.15) is 0 Å². The Morgan fingerprint density at radius 2 is 1.68 bits per heavy atom. The number of aromatic nitrogens is 3. The number of pyridine rings is 1. The standard InChI is InChI=1S/C15H18N4/c1-9-6-12(7-10(2)17-9)15-18-13(11-4-5-11)8-14(16-3)19-15/h6-8,11H,4-5H2,1-3H3,(H,16,18,19). The molecule has 2 heterocycles. The minimum atomic E-state index is 0.623. The summed E-state index contributed by atoms with van der Waals surface area (Å²) < 4.78 is 0. The summed E-state index contributed by atoms with van der Waals surface area (Å²) in [5, 5.41) is 3.12. The van der Waals surface area contributed by atoms with Crippen LogP contribution in [-0.4, -0.2) is 22.0 Å². The molecule has 0 saturated heterocycles. The van der Waals surface area contributed by atoms with E-state index in [1.165, 1.54) is 12.8 Å². The molecule has 4 nitrogen and oxygen atoms in total. The molecule has 0 spiro atoms. The minimum Gasteiger partial charge on any atom is -0.373 e. The summed E-state index contributed by atoms with van der Waals surface area (Å²) in [4.78, 5) is 13.7. The molecule has 1 fully saturated rings. The zero-order valence-electron chi connectivity index (χ0n) is 11.6. The topological polar surface area (TPSA) is 50.7 Å².